The number of nitrogens with zero attached hydrogens (tertiary/aromatic N) is 1. The molecule has 1 fully saturated rings. The Morgan fingerprint density at radius 1 is 1.05 bits per heavy atom. The number of carboxylic acid groups (broad SMARTS) is 1. The van der Waals surface area contributed by atoms with Gasteiger partial charge in [0.1, 0.15) is 0 Å². The molecule has 0 saturated carbocycles. The molecule has 0 aromatic heterocycles. The third-order valence-electron chi connectivity index (χ3n) is 2.64. The number of amides is 2. The highest BCUT2D eigenvalue weighted by Crippen LogP contribution is 2.47. The molecule has 0 aromatic rings. The normalized spacial score (nSPS) is 17.5. The van der Waals surface area contributed by atoms with Crippen LogP contribution in [0, 0.1) is 0 Å². The molecule has 20 heavy (non-hydrogen) atoms. The third kappa shape index (κ3) is 2.10. The van der Waals surface area contributed by atoms with E-state index in [1.54, 1.807) is 0 Å². The number of hydrogen-bond acceptors (Lipinski definition) is 3. The lowest BCUT2D eigenvalue weighted by Gasteiger charge is -2.31. The molecule has 1 rings (SSSR count). The Morgan fingerprint density at radius 3 is 1.90 bits per heavy atom. The van der Waals surface area contributed by atoms with Gasteiger partial charge in [-0.05, 0) is 6.42 Å². The molecule has 0 atom stereocenters. The van der Waals surface area contributed by atoms with Gasteiger partial charge >= 0.3 is 29.6 Å². The van der Waals surface area contributed by atoms with Crippen molar-refractivity contribution in [2.75, 3.05) is 6.54 Å². The minimum Gasteiger partial charge on any atom is -0.477 e. The number of hydrogen-bond donors (Lipinski definition) is 1. The SMILES string of the molecule is O=C1CCCN1C(=O)C(F)(F)C(F)(F)C(F)(F)C(=O)O. The van der Waals surface area contributed by atoms with Crippen molar-refractivity contribution in [2.24, 2.45) is 0 Å². The van der Waals surface area contributed by atoms with E-state index in [4.69, 9.17) is 5.11 Å². The Balaban J connectivity index is 3.17. The Hall–Kier alpha value is -1.81. The zero-order valence-corrected chi connectivity index (χ0v) is 9.51. The van der Waals surface area contributed by atoms with E-state index in [0.29, 0.717) is 0 Å². The summed E-state index contributed by atoms with van der Waals surface area (Å²) in [6.45, 7) is -0.623. The maximum Gasteiger partial charge on any atom is 0.411 e. The Morgan fingerprint density at radius 2 is 1.55 bits per heavy atom. The van der Waals surface area contributed by atoms with E-state index in [1.807, 2.05) is 0 Å². The Bertz CT molecular complexity index is 463. The number of carbonyl (C=O) groups excluding carboxylic acids is 2. The molecule has 0 unspecified atom stereocenters. The van der Waals surface area contributed by atoms with Crippen LogP contribution in [0.15, 0.2) is 0 Å². The van der Waals surface area contributed by atoms with Crippen LogP contribution in [0.3, 0.4) is 0 Å². The molecule has 0 radical (unpaired) electrons. The van der Waals surface area contributed by atoms with E-state index in [1.165, 1.54) is 0 Å². The number of carbonyl (C=O) groups is 3. The largest absolute Gasteiger partial charge is 0.477 e. The predicted octanol–water partition coefficient (Wildman–Crippen LogP) is 1.13. The number of likely N-dealkylation sites (tertiary alicyclic amines) is 1. The van der Waals surface area contributed by atoms with E-state index in [0.717, 1.165) is 0 Å². The first-order valence-corrected chi connectivity index (χ1v) is 5.09. The Kier molecular flexibility index (Phi) is 3.76. The second-order valence-electron chi connectivity index (χ2n) is 3.98. The zero-order chi connectivity index (χ0) is 15.9. The van der Waals surface area contributed by atoms with E-state index >= 15 is 0 Å². The molecule has 0 aliphatic carbocycles. The van der Waals surface area contributed by atoms with Crippen molar-refractivity contribution in [3.8, 4) is 0 Å². The van der Waals surface area contributed by atoms with E-state index in [9.17, 15) is 40.7 Å². The fourth-order valence-electron chi connectivity index (χ4n) is 1.50. The highest BCUT2D eigenvalue weighted by Gasteiger charge is 2.79. The second kappa shape index (κ2) is 4.63. The monoisotopic (exact) mass is 307 g/mol. The summed E-state index contributed by atoms with van der Waals surface area (Å²) in [5.74, 6) is -26.3. The lowest BCUT2D eigenvalue weighted by Crippen LogP contribution is -2.63. The highest BCUT2D eigenvalue weighted by molar-refractivity contribution is 6.00. The van der Waals surface area contributed by atoms with Crippen molar-refractivity contribution in [3.05, 3.63) is 0 Å². The van der Waals surface area contributed by atoms with Crippen LogP contribution in [0.25, 0.3) is 0 Å². The van der Waals surface area contributed by atoms with Crippen LogP contribution < -0.4 is 0 Å². The van der Waals surface area contributed by atoms with Crippen LogP contribution in [0.1, 0.15) is 12.8 Å². The molecule has 11 heteroatoms. The van der Waals surface area contributed by atoms with Crippen LogP contribution in [-0.2, 0) is 14.4 Å². The molecule has 0 spiro atoms. The molecule has 2 amide bonds. The molecular formula is C9H7F6NO4. The average molecular weight is 307 g/mol. The first-order chi connectivity index (χ1) is 8.87. The van der Waals surface area contributed by atoms with Gasteiger partial charge in [-0.2, -0.15) is 26.3 Å². The summed E-state index contributed by atoms with van der Waals surface area (Å²) in [4.78, 5) is 31.8. The molecule has 1 aliphatic rings. The van der Waals surface area contributed by atoms with Gasteiger partial charge in [0.25, 0.3) is 0 Å². The average Bonchev–Trinajstić information content (AvgIpc) is 2.73. The minimum atomic E-state index is -6.48. The summed E-state index contributed by atoms with van der Waals surface area (Å²) in [5.41, 5.74) is 0. The number of alkyl halides is 6. The maximum atomic E-state index is 13.2. The number of halogens is 6. The van der Waals surface area contributed by atoms with Crippen LogP contribution in [0.2, 0.25) is 0 Å². The quantitative estimate of drug-likeness (QED) is 0.790. The van der Waals surface area contributed by atoms with Crippen LogP contribution in [0.5, 0.6) is 0 Å². The van der Waals surface area contributed by atoms with Crippen LogP contribution in [-0.4, -0.2) is 52.1 Å². The fraction of sp³-hybridized carbons (Fsp3) is 0.667. The maximum absolute atomic E-state index is 13.2. The summed E-state index contributed by atoms with van der Waals surface area (Å²) in [6, 6.07) is 0. The molecule has 114 valence electrons. The third-order valence-corrected chi connectivity index (χ3v) is 2.64. The predicted molar refractivity (Wildman–Crippen MR) is 48.4 cm³/mol. The number of aliphatic carboxylic acids is 1. The van der Waals surface area contributed by atoms with Crippen molar-refractivity contribution in [1.82, 2.24) is 4.90 Å². The zero-order valence-electron chi connectivity index (χ0n) is 9.51. The lowest BCUT2D eigenvalue weighted by atomic mass is 10.0. The van der Waals surface area contributed by atoms with Gasteiger partial charge in [0.05, 0.1) is 0 Å². The van der Waals surface area contributed by atoms with Gasteiger partial charge in [0.15, 0.2) is 0 Å². The van der Waals surface area contributed by atoms with Gasteiger partial charge in [-0.1, -0.05) is 0 Å². The molecule has 1 aliphatic heterocycles. The molecule has 1 N–H and O–H groups in total. The standard InChI is InChI=1S/C9H7F6NO4/c10-7(11,5(18)16-3-1-2-4(16)17)9(14,15)8(12,13)6(19)20/h1-3H2,(H,19,20). The summed E-state index contributed by atoms with van der Waals surface area (Å²) in [7, 11) is 0. The van der Waals surface area contributed by atoms with E-state index in [-0.39, 0.29) is 17.7 Å². The number of carboxylic acids is 1. The van der Waals surface area contributed by atoms with Crippen LogP contribution in [0.4, 0.5) is 26.3 Å². The van der Waals surface area contributed by atoms with Gasteiger partial charge in [-0.25, -0.2) is 4.79 Å². The Labute approximate surface area is 107 Å². The molecular weight excluding hydrogens is 300 g/mol. The van der Waals surface area contributed by atoms with Crippen molar-refractivity contribution >= 4 is 17.8 Å². The van der Waals surface area contributed by atoms with Gasteiger partial charge in [0.2, 0.25) is 5.91 Å². The van der Waals surface area contributed by atoms with E-state index < -0.39 is 42.1 Å². The van der Waals surface area contributed by atoms with Gasteiger partial charge < -0.3 is 5.11 Å². The van der Waals surface area contributed by atoms with Gasteiger partial charge in [-0.15, -0.1) is 0 Å². The van der Waals surface area contributed by atoms with Crippen LogP contribution >= 0.6 is 0 Å². The number of rotatable bonds is 4. The van der Waals surface area contributed by atoms with E-state index in [2.05, 4.69) is 0 Å². The smallest absolute Gasteiger partial charge is 0.411 e. The summed E-state index contributed by atoms with van der Waals surface area (Å²) >= 11 is 0. The van der Waals surface area contributed by atoms with Crippen molar-refractivity contribution in [3.63, 3.8) is 0 Å². The second-order valence-corrected chi connectivity index (χ2v) is 3.98. The first-order valence-electron chi connectivity index (χ1n) is 5.09. The molecule has 0 bridgehead atoms. The lowest BCUT2D eigenvalue weighted by molar-refractivity contribution is -0.295. The molecule has 1 heterocycles. The molecule has 5 nitrogen and oxygen atoms in total. The fourth-order valence-corrected chi connectivity index (χ4v) is 1.50. The first kappa shape index (κ1) is 16.2. The molecule has 0 aromatic carbocycles. The topological polar surface area (TPSA) is 74.7 Å². The minimum absolute atomic E-state index is 0.0818. The highest BCUT2D eigenvalue weighted by atomic mass is 19.3. The number of imide groups is 1. The molecule has 1 saturated heterocycles. The van der Waals surface area contributed by atoms with Gasteiger partial charge in [-0.3, -0.25) is 14.5 Å². The summed E-state index contributed by atoms with van der Waals surface area (Å²) in [5, 5.41) is 7.88. The van der Waals surface area contributed by atoms with Crippen molar-refractivity contribution < 1.29 is 45.8 Å². The van der Waals surface area contributed by atoms with Gasteiger partial charge in [0, 0.05) is 13.0 Å². The summed E-state index contributed by atoms with van der Waals surface area (Å²) < 4.78 is 77.9. The van der Waals surface area contributed by atoms with Crippen molar-refractivity contribution in [1.29, 1.82) is 0 Å². The summed E-state index contributed by atoms with van der Waals surface area (Å²) in [6.07, 6.45) is -0.454. The van der Waals surface area contributed by atoms with Crippen molar-refractivity contribution in [2.45, 2.75) is 30.6 Å².